The van der Waals surface area contributed by atoms with Crippen molar-refractivity contribution >= 4 is 15.9 Å². The molecule has 1 fully saturated rings. The fourth-order valence-electron chi connectivity index (χ4n) is 4.56. The maximum atomic E-state index is 13.5. The Morgan fingerprint density at radius 2 is 1.63 bits per heavy atom. The van der Waals surface area contributed by atoms with Crippen molar-refractivity contribution in [2.75, 3.05) is 13.1 Å². The summed E-state index contributed by atoms with van der Waals surface area (Å²) in [5, 5.41) is 0. The first-order valence-electron chi connectivity index (χ1n) is 11.0. The van der Waals surface area contributed by atoms with Crippen molar-refractivity contribution in [3.63, 3.8) is 0 Å². The van der Waals surface area contributed by atoms with Gasteiger partial charge in [0.15, 0.2) is 0 Å². The van der Waals surface area contributed by atoms with Crippen molar-refractivity contribution in [3.05, 3.63) is 65.2 Å². The Morgan fingerprint density at radius 1 is 0.967 bits per heavy atom. The van der Waals surface area contributed by atoms with Crippen LogP contribution in [0.25, 0.3) is 0 Å². The van der Waals surface area contributed by atoms with Gasteiger partial charge in [-0.25, -0.2) is 8.42 Å². The van der Waals surface area contributed by atoms with E-state index in [9.17, 15) is 13.2 Å². The summed E-state index contributed by atoms with van der Waals surface area (Å²) in [7, 11) is -3.52. The van der Waals surface area contributed by atoms with Crippen molar-refractivity contribution in [2.45, 2.75) is 62.9 Å². The van der Waals surface area contributed by atoms with Crippen LogP contribution < -0.4 is 0 Å². The lowest BCUT2D eigenvalue weighted by molar-refractivity contribution is 0.0638. The molecule has 1 amide bonds. The predicted molar refractivity (Wildman–Crippen MR) is 118 cm³/mol. The maximum absolute atomic E-state index is 13.5. The lowest BCUT2D eigenvalue weighted by Gasteiger charge is -2.36. The summed E-state index contributed by atoms with van der Waals surface area (Å²) in [5.74, 6) is 0.00555. The zero-order chi connectivity index (χ0) is 21.3. The van der Waals surface area contributed by atoms with Crippen LogP contribution in [0, 0.1) is 0 Å². The van der Waals surface area contributed by atoms with Gasteiger partial charge in [-0.15, -0.1) is 0 Å². The summed E-state index contributed by atoms with van der Waals surface area (Å²) >= 11 is 0. The Labute approximate surface area is 179 Å². The predicted octanol–water partition coefficient (Wildman–Crippen LogP) is 4.40. The third-order valence-corrected chi connectivity index (χ3v) is 8.36. The van der Waals surface area contributed by atoms with Gasteiger partial charge >= 0.3 is 0 Å². The van der Waals surface area contributed by atoms with Crippen molar-refractivity contribution in [1.82, 2.24) is 9.21 Å². The second-order valence-electron chi connectivity index (χ2n) is 8.16. The fraction of sp³-hybridized carbons (Fsp3) is 0.458. The van der Waals surface area contributed by atoms with Crippen LogP contribution in [-0.4, -0.2) is 42.7 Å². The van der Waals surface area contributed by atoms with E-state index in [-0.39, 0.29) is 22.9 Å². The van der Waals surface area contributed by atoms with Gasteiger partial charge in [0.05, 0.1) is 10.9 Å². The van der Waals surface area contributed by atoms with E-state index in [1.807, 2.05) is 13.8 Å². The van der Waals surface area contributed by atoms with Crippen molar-refractivity contribution in [1.29, 1.82) is 0 Å². The number of sulfonamides is 1. The second kappa shape index (κ2) is 8.52. The number of amides is 1. The highest BCUT2D eigenvalue weighted by atomic mass is 32.2. The molecular formula is C24H30N2O3S. The minimum atomic E-state index is -3.52. The standard InChI is InChI=1S/C24H30N2O3S/c1-3-25(4-2)30(28,29)21-16-12-19(13-17-21)24(27)26(20-14-15-20)23-11-7-9-18-8-5-6-10-22(18)23/h5-6,8,10,12-13,16-17,20,23H,3-4,7,9,11,14-15H2,1-2H3. The van der Waals surface area contributed by atoms with Crippen LogP contribution in [0.5, 0.6) is 0 Å². The lowest BCUT2D eigenvalue weighted by atomic mass is 9.86. The van der Waals surface area contributed by atoms with Crippen LogP contribution in [0.4, 0.5) is 0 Å². The zero-order valence-electron chi connectivity index (χ0n) is 17.8. The van der Waals surface area contributed by atoms with Gasteiger partial charge in [0, 0.05) is 24.7 Å². The molecule has 2 aromatic rings. The number of carbonyl (C=O) groups is 1. The molecule has 4 rings (SSSR count). The molecule has 1 atom stereocenters. The molecule has 6 heteroatoms. The highest BCUT2D eigenvalue weighted by molar-refractivity contribution is 7.89. The van der Waals surface area contributed by atoms with E-state index in [0.29, 0.717) is 18.7 Å². The molecule has 0 bridgehead atoms. The van der Waals surface area contributed by atoms with Crippen LogP contribution in [0.3, 0.4) is 0 Å². The van der Waals surface area contributed by atoms with Gasteiger partial charge in [0.25, 0.3) is 5.91 Å². The molecule has 0 radical (unpaired) electrons. The lowest BCUT2D eigenvalue weighted by Crippen LogP contribution is -2.38. The number of hydrogen-bond donors (Lipinski definition) is 0. The fourth-order valence-corrected chi connectivity index (χ4v) is 6.02. The Hall–Kier alpha value is -2.18. The number of fused-ring (bicyclic) bond motifs is 1. The summed E-state index contributed by atoms with van der Waals surface area (Å²) < 4.78 is 26.9. The number of carbonyl (C=O) groups excluding carboxylic acids is 1. The third-order valence-electron chi connectivity index (χ3n) is 6.29. The quantitative estimate of drug-likeness (QED) is 0.659. The van der Waals surface area contributed by atoms with Crippen LogP contribution in [0.2, 0.25) is 0 Å². The first-order chi connectivity index (χ1) is 14.5. The van der Waals surface area contributed by atoms with E-state index in [1.54, 1.807) is 24.3 Å². The molecule has 1 unspecified atom stereocenters. The van der Waals surface area contributed by atoms with E-state index in [4.69, 9.17) is 0 Å². The molecule has 0 saturated heterocycles. The Kier molecular flexibility index (Phi) is 5.98. The summed E-state index contributed by atoms with van der Waals surface area (Å²) in [6.07, 6.45) is 5.21. The SMILES string of the molecule is CCN(CC)S(=O)(=O)c1ccc(C(=O)N(C2CC2)C2CCCc3ccccc32)cc1. The number of hydrogen-bond acceptors (Lipinski definition) is 3. The molecule has 1 saturated carbocycles. The zero-order valence-corrected chi connectivity index (χ0v) is 18.6. The third kappa shape index (κ3) is 3.91. The molecule has 2 aliphatic rings. The monoisotopic (exact) mass is 426 g/mol. The number of aryl methyl sites for hydroxylation is 1. The van der Waals surface area contributed by atoms with Crippen LogP contribution >= 0.6 is 0 Å². The van der Waals surface area contributed by atoms with Crippen molar-refractivity contribution < 1.29 is 13.2 Å². The van der Waals surface area contributed by atoms with Crippen LogP contribution in [-0.2, 0) is 16.4 Å². The van der Waals surface area contributed by atoms with E-state index in [1.165, 1.54) is 15.4 Å². The van der Waals surface area contributed by atoms with Crippen molar-refractivity contribution in [3.8, 4) is 0 Å². The van der Waals surface area contributed by atoms with E-state index in [2.05, 4.69) is 29.2 Å². The molecule has 0 heterocycles. The summed E-state index contributed by atoms with van der Waals surface area (Å²) in [6.45, 7) is 4.51. The van der Waals surface area contributed by atoms with Gasteiger partial charge in [-0.05, 0) is 67.5 Å². The number of nitrogens with zero attached hydrogens (tertiary/aromatic N) is 2. The van der Waals surface area contributed by atoms with Gasteiger partial charge in [0.1, 0.15) is 0 Å². The average Bonchev–Trinajstić information content (AvgIpc) is 3.60. The van der Waals surface area contributed by atoms with Gasteiger partial charge in [0.2, 0.25) is 10.0 Å². The summed E-state index contributed by atoms with van der Waals surface area (Å²) in [5.41, 5.74) is 3.17. The molecule has 0 aromatic heterocycles. The first-order valence-corrected chi connectivity index (χ1v) is 12.4. The summed E-state index contributed by atoms with van der Waals surface area (Å²) in [6, 6.07) is 15.3. The molecule has 160 valence electrons. The Bertz CT molecular complexity index is 1010. The maximum Gasteiger partial charge on any atom is 0.254 e. The van der Waals surface area contributed by atoms with Gasteiger partial charge in [-0.2, -0.15) is 4.31 Å². The molecule has 2 aliphatic carbocycles. The molecule has 30 heavy (non-hydrogen) atoms. The minimum absolute atomic E-state index is 0.00555. The minimum Gasteiger partial charge on any atom is -0.329 e. The van der Waals surface area contributed by atoms with Crippen LogP contribution in [0.15, 0.2) is 53.4 Å². The van der Waals surface area contributed by atoms with Gasteiger partial charge in [-0.3, -0.25) is 4.79 Å². The smallest absolute Gasteiger partial charge is 0.254 e. The van der Waals surface area contributed by atoms with Gasteiger partial charge < -0.3 is 4.90 Å². The van der Waals surface area contributed by atoms with E-state index in [0.717, 1.165) is 32.1 Å². The van der Waals surface area contributed by atoms with Crippen molar-refractivity contribution in [2.24, 2.45) is 0 Å². The topological polar surface area (TPSA) is 57.7 Å². The molecule has 0 spiro atoms. The highest BCUT2D eigenvalue weighted by Gasteiger charge is 2.39. The molecule has 2 aromatic carbocycles. The molecular weight excluding hydrogens is 396 g/mol. The van der Waals surface area contributed by atoms with E-state index >= 15 is 0 Å². The largest absolute Gasteiger partial charge is 0.329 e. The molecule has 5 nitrogen and oxygen atoms in total. The highest BCUT2D eigenvalue weighted by Crippen LogP contribution is 2.41. The Balaban J connectivity index is 1.62. The number of benzene rings is 2. The second-order valence-corrected chi connectivity index (χ2v) is 10.1. The van der Waals surface area contributed by atoms with E-state index < -0.39 is 10.0 Å². The first kappa shape index (κ1) is 21.1. The summed E-state index contributed by atoms with van der Waals surface area (Å²) in [4.78, 5) is 15.8. The van der Waals surface area contributed by atoms with Crippen LogP contribution in [0.1, 0.15) is 67.1 Å². The normalized spacial score (nSPS) is 18.8. The Morgan fingerprint density at radius 3 is 2.27 bits per heavy atom. The van der Waals surface area contributed by atoms with Gasteiger partial charge in [-0.1, -0.05) is 38.1 Å². The molecule has 0 aliphatic heterocycles. The average molecular weight is 427 g/mol. The number of rotatable bonds is 7. The molecule has 0 N–H and O–H groups in total.